The highest BCUT2D eigenvalue weighted by molar-refractivity contribution is 7.99. The summed E-state index contributed by atoms with van der Waals surface area (Å²) >= 11 is 1.93. The van der Waals surface area contributed by atoms with Crippen LogP contribution in [0, 0.1) is 5.92 Å². The summed E-state index contributed by atoms with van der Waals surface area (Å²) in [6.07, 6.45) is 2.25. The summed E-state index contributed by atoms with van der Waals surface area (Å²) in [4.78, 5) is 6.25. The van der Waals surface area contributed by atoms with Crippen molar-refractivity contribution in [2.24, 2.45) is 5.92 Å². The van der Waals surface area contributed by atoms with E-state index in [9.17, 15) is 0 Å². The van der Waals surface area contributed by atoms with Gasteiger partial charge in [0.15, 0.2) is 0 Å². The monoisotopic (exact) mass is 354 g/mol. The van der Waals surface area contributed by atoms with Gasteiger partial charge >= 0.3 is 0 Å². The van der Waals surface area contributed by atoms with Gasteiger partial charge in [-0.1, -0.05) is 38.1 Å². The van der Waals surface area contributed by atoms with Crippen molar-refractivity contribution in [3.8, 4) is 0 Å². The average Bonchev–Trinajstić information content (AvgIpc) is 2.72. The molecule has 0 bridgehead atoms. The van der Waals surface area contributed by atoms with Gasteiger partial charge in [-0.2, -0.15) is 0 Å². The topological polar surface area (TPSA) is 6.48 Å². The van der Waals surface area contributed by atoms with E-state index < -0.39 is 0 Å². The predicted molar refractivity (Wildman–Crippen MR) is 111 cm³/mol. The Morgan fingerprint density at radius 1 is 1.04 bits per heavy atom. The lowest BCUT2D eigenvalue weighted by Crippen LogP contribution is -2.30. The summed E-state index contributed by atoms with van der Waals surface area (Å²) in [5.41, 5.74) is 5.76. The Kier molecular flexibility index (Phi) is 6.08. The van der Waals surface area contributed by atoms with E-state index in [4.69, 9.17) is 0 Å². The van der Waals surface area contributed by atoms with Crippen LogP contribution in [0.4, 0.5) is 11.4 Å². The Labute approximate surface area is 157 Å². The van der Waals surface area contributed by atoms with Gasteiger partial charge in [-0.3, -0.25) is 0 Å². The van der Waals surface area contributed by atoms with E-state index >= 15 is 0 Å². The van der Waals surface area contributed by atoms with Crippen LogP contribution in [0.15, 0.2) is 47.4 Å². The third-order valence-electron chi connectivity index (χ3n) is 4.78. The van der Waals surface area contributed by atoms with E-state index in [1.165, 1.54) is 27.4 Å². The number of para-hydroxylation sites is 1. The molecule has 3 rings (SSSR count). The molecule has 1 atom stereocenters. The second-order valence-electron chi connectivity index (χ2n) is 7.33. The summed E-state index contributed by atoms with van der Waals surface area (Å²) in [6, 6.07) is 16.0. The Morgan fingerprint density at radius 2 is 1.76 bits per heavy atom. The van der Waals surface area contributed by atoms with Crippen molar-refractivity contribution in [3.63, 3.8) is 0 Å². The van der Waals surface area contributed by atoms with Crippen molar-refractivity contribution in [2.75, 3.05) is 37.8 Å². The number of hydrogen-bond donors (Lipinski definition) is 0. The summed E-state index contributed by atoms with van der Waals surface area (Å²) in [7, 11) is 4.33. The zero-order chi connectivity index (χ0) is 17.8. The van der Waals surface area contributed by atoms with Gasteiger partial charge in [0.05, 0.1) is 0 Å². The third kappa shape index (κ3) is 4.39. The van der Waals surface area contributed by atoms with Crippen LogP contribution in [0.3, 0.4) is 0 Å². The van der Waals surface area contributed by atoms with Crippen molar-refractivity contribution in [2.45, 2.75) is 31.6 Å². The molecule has 1 aliphatic rings. The Morgan fingerprint density at radius 3 is 2.48 bits per heavy atom. The van der Waals surface area contributed by atoms with E-state index in [0.29, 0.717) is 5.92 Å². The van der Waals surface area contributed by atoms with Crippen molar-refractivity contribution in [3.05, 3.63) is 53.6 Å². The molecular formula is C22H30N2S. The second kappa shape index (κ2) is 8.29. The van der Waals surface area contributed by atoms with Crippen LogP contribution in [-0.2, 0) is 12.8 Å². The number of hydrogen-bond acceptors (Lipinski definition) is 3. The normalized spacial score (nSPS) is 14.8. The largest absolute Gasteiger partial charge is 0.341 e. The fourth-order valence-electron chi connectivity index (χ4n) is 3.84. The van der Waals surface area contributed by atoms with E-state index in [0.717, 1.165) is 31.7 Å². The first kappa shape index (κ1) is 18.3. The molecule has 0 spiro atoms. The highest BCUT2D eigenvalue weighted by Gasteiger charge is 2.22. The van der Waals surface area contributed by atoms with Gasteiger partial charge in [0.25, 0.3) is 0 Å². The van der Waals surface area contributed by atoms with Crippen molar-refractivity contribution >= 4 is 23.1 Å². The van der Waals surface area contributed by atoms with Crippen LogP contribution >= 0.6 is 11.8 Å². The predicted octanol–water partition coefficient (Wildman–Crippen LogP) is 5.23. The molecule has 2 aromatic rings. The molecule has 1 aliphatic heterocycles. The fourth-order valence-corrected chi connectivity index (χ4v) is 4.53. The van der Waals surface area contributed by atoms with Gasteiger partial charge in [-0.05, 0) is 67.9 Å². The van der Waals surface area contributed by atoms with Gasteiger partial charge in [-0.15, -0.1) is 11.8 Å². The molecule has 0 aliphatic carbocycles. The van der Waals surface area contributed by atoms with Gasteiger partial charge < -0.3 is 9.80 Å². The van der Waals surface area contributed by atoms with Gasteiger partial charge in [0.2, 0.25) is 0 Å². The molecule has 0 amide bonds. The van der Waals surface area contributed by atoms with Crippen LogP contribution in [0.5, 0.6) is 0 Å². The van der Waals surface area contributed by atoms with Crippen LogP contribution in [-0.4, -0.2) is 37.8 Å². The Bertz CT molecular complexity index is 711. The molecule has 1 unspecified atom stereocenters. The zero-order valence-corrected chi connectivity index (χ0v) is 16.8. The first-order valence-electron chi connectivity index (χ1n) is 9.34. The van der Waals surface area contributed by atoms with E-state index in [1.54, 1.807) is 0 Å². The number of fused-ring (bicyclic) bond motifs is 2. The van der Waals surface area contributed by atoms with E-state index in [2.05, 4.69) is 80.2 Å². The molecule has 1 heterocycles. The summed E-state index contributed by atoms with van der Waals surface area (Å²) in [5, 5.41) is 0. The molecular weight excluding hydrogens is 324 g/mol. The highest BCUT2D eigenvalue weighted by atomic mass is 32.2. The van der Waals surface area contributed by atoms with Gasteiger partial charge in [0, 0.05) is 29.4 Å². The molecule has 2 nitrogen and oxygen atoms in total. The lowest BCUT2D eigenvalue weighted by molar-refractivity contribution is 0.343. The van der Waals surface area contributed by atoms with E-state index in [1.807, 2.05) is 11.8 Å². The zero-order valence-electron chi connectivity index (χ0n) is 16.0. The van der Waals surface area contributed by atoms with Crippen molar-refractivity contribution in [1.82, 2.24) is 4.90 Å². The average molecular weight is 355 g/mol. The van der Waals surface area contributed by atoms with Gasteiger partial charge in [-0.25, -0.2) is 0 Å². The third-order valence-corrected chi connectivity index (χ3v) is 5.65. The van der Waals surface area contributed by atoms with Crippen LogP contribution in [0.2, 0.25) is 0 Å². The molecule has 0 N–H and O–H groups in total. The first-order valence-corrected chi connectivity index (χ1v) is 10.3. The smallest absolute Gasteiger partial charge is 0.0454 e. The maximum atomic E-state index is 2.57. The lowest BCUT2D eigenvalue weighted by Gasteiger charge is -2.31. The highest BCUT2D eigenvalue weighted by Crippen LogP contribution is 2.38. The SMILES string of the molecule is CCSc1ccc2c(c1)N(CC(C)CN(C)C)c1ccccc1CC2. The number of thioether (sulfide) groups is 1. The van der Waals surface area contributed by atoms with Crippen molar-refractivity contribution < 1.29 is 0 Å². The Balaban J connectivity index is 2.01. The molecule has 0 fully saturated rings. The molecule has 0 aromatic heterocycles. The quantitative estimate of drug-likeness (QED) is 0.656. The minimum Gasteiger partial charge on any atom is -0.341 e. The Hall–Kier alpha value is -1.45. The lowest BCUT2D eigenvalue weighted by atomic mass is 10.0. The number of nitrogens with zero attached hydrogens (tertiary/aromatic N) is 2. The van der Waals surface area contributed by atoms with Crippen LogP contribution < -0.4 is 4.90 Å². The van der Waals surface area contributed by atoms with Crippen LogP contribution in [0.25, 0.3) is 0 Å². The number of rotatable bonds is 6. The first-order chi connectivity index (χ1) is 12.1. The van der Waals surface area contributed by atoms with Gasteiger partial charge in [0.1, 0.15) is 0 Å². The molecule has 134 valence electrons. The number of benzene rings is 2. The maximum Gasteiger partial charge on any atom is 0.0454 e. The molecule has 25 heavy (non-hydrogen) atoms. The van der Waals surface area contributed by atoms with Crippen LogP contribution in [0.1, 0.15) is 25.0 Å². The maximum absolute atomic E-state index is 2.57. The molecule has 0 saturated carbocycles. The minimum atomic E-state index is 0.608. The number of aryl methyl sites for hydroxylation is 2. The second-order valence-corrected chi connectivity index (χ2v) is 8.67. The standard InChI is InChI=1S/C22H30N2S/c1-5-25-20-13-12-19-11-10-18-8-6-7-9-21(18)24(22(19)14-20)16-17(2)15-23(3)4/h6-9,12-14,17H,5,10-11,15-16H2,1-4H3. The summed E-state index contributed by atoms with van der Waals surface area (Å²) < 4.78 is 0. The summed E-state index contributed by atoms with van der Waals surface area (Å²) in [5.74, 6) is 1.73. The minimum absolute atomic E-state index is 0.608. The molecule has 0 radical (unpaired) electrons. The molecule has 2 aromatic carbocycles. The fraction of sp³-hybridized carbons (Fsp3) is 0.455. The molecule has 3 heteroatoms. The van der Waals surface area contributed by atoms with E-state index in [-0.39, 0.29) is 0 Å². The number of anilines is 2. The molecule has 0 saturated heterocycles. The van der Waals surface area contributed by atoms with Crippen molar-refractivity contribution in [1.29, 1.82) is 0 Å². The summed E-state index contributed by atoms with van der Waals surface area (Å²) in [6.45, 7) is 6.75.